The third-order valence-corrected chi connectivity index (χ3v) is 8.50. The lowest BCUT2D eigenvalue weighted by Gasteiger charge is -2.49. The number of hydrogen-bond donors (Lipinski definition) is 0. The van der Waals surface area contributed by atoms with Gasteiger partial charge in [0, 0.05) is 7.11 Å². The molecular formula is C28H36O2. The summed E-state index contributed by atoms with van der Waals surface area (Å²) in [5.41, 5.74) is 6.35. The first-order chi connectivity index (χ1) is 14.7. The molecule has 2 nitrogen and oxygen atoms in total. The van der Waals surface area contributed by atoms with Crippen molar-refractivity contribution in [3.05, 3.63) is 64.7 Å². The van der Waals surface area contributed by atoms with Crippen LogP contribution in [0.4, 0.5) is 0 Å². The lowest BCUT2D eigenvalue weighted by Crippen LogP contribution is -2.39. The van der Waals surface area contributed by atoms with Gasteiger partial charge in [-0.25, -0.2) is 0 Å². The molecule has 30 heavy (non-hydrogen) atoms. The summed E-state index contributed by atoms with van der Waals surface area (Å²) in [4.78, 5) is 0. The second kappa shape index (κ2) is 8.38. The number of aryl methyl sites for hydroxylation is 1. The van der Waals surface area contributed by atoms with Gasteiger partial charge in [0.2, 0.25) is 0 Å². The van der Waals surface area contributed by atoms with E-state index in [-0.39, 0.29) is 0 Å². The van der Waals surface area contributed by atoms with Gasteiger partial charge in [0.15, 0.2) is 0 Å². The minimum absolute atomic E-state index is 0.621. The third kappa shape index (κ3) is 3.68. The van der Waals surface area contributed by atoms with Gasteiger partial charge < -0.3 is 9.47 Å². The maximum Gasteiger partial charge on any atom is 0.123 e. The fraction of sp³-hybridized carbons (Fsp3) is 0.571. The zero-order valence-electron chi connectivity index (χ0n) is 18.7. The van der Waals surface area contributed by atoms with E-state index in [0.717, 1.165) is 36.5 Å². The highest BCUT2D eigenvalue weighted by Gasteiger charge is 2.50. The Morgan fingerprint density at radius 3 is 2.73 bits per heavy atom. The molecule has 2 fully saturated rings. The summed E-state index contributed by atoms with van der Waals surface area (Å²) >= 11 is 0. The topological polar surface area (TPSA) is 18.5 Å². The van der Waals surface area contributed by atoms with Crippen molar-refractivity contribution in [1.82, 2.24) is 0 Å². The van der Waals surface area contributed by atoms with E-state index in [1.54, 1.807) is 18.2 Å². The number of fused-ring (bicyclic) bond motifs is 5. The summed E-state index contributed by atoms with van der Waals surface area (Å²) in [5.74, 6) is 3.66. The number of ether oxygens (including phenoxy) is 2. The molecule has 4 atom stereocenters. The molecule has 0 radical (unpaired) electrons. The summed E-state index contributed by atoms with van der Waals surface area (Å²) < 4.78 is 11.8. The van der Waals surface area contributed by atoms with Crippen LogP contribution in [0, 0.1) is 17.3 Å². The first-order valence-corrected chi connectivity index (χ1v) is 12.0. The number of benzene rings is 2. The monoisotopic (exact) mass is 404 g/mol. The van der Waals surface area contributed by atoms with E-state index in [0.29, 0.717) is 12.0 Å². The van der Waals surface area contributed by atoms with Crippen LogP contribution in [0.1, 0.15) is 73.6 Å². The van der Waals surface area contributed by atoms with Crippen LogP contribution in [0.3, 0.4) is 0 Å². The Bertz CT molecular complexity index is 874. The molecule has 2 saturated carbocycles. The van der Waals surface area contributed by atoms with E-state index in [9.17, 15) is 0 Å². The predicted molar refractivity (Wildman–Crippen MR) is 122 cm³/mol. The van der Waals surface area contributed by atoms with Crippen LogP contribution in [0.2, 0.25) is 0 Å². The molecule has 5 rings (SSSR count). The molecule has 0 aromatic heterocycles. The van der Waals surface area contributed by atoms with Gasteiger partial charge in [0.25, 0.3) is 0 Å². The van der Waals surface area contributed by atoms with Crippen molar-refractivity contribution >= 4 is 0 Å². The standard InChI is InChI=1S/C28H36O2/c1-28-14-6-9-26(28)24-11-10-21-18-27(30-19-20-7-4-3-5-8-20)22(13-16-29-2)17-25(21)23(24)12-15-28/h3-5,7-8,17-18,23-24,26H,6,9-16,19H2,1-2H3/t23-,24+,26-,28-/m0/s1. The van der Waals surface area contributed by atoms with Crippen molar-refractivity contribution in [2.24, 2.45) is 17.3 Å². The van der Waals surface area contributed by atoms with Crippen LogP contribution in [-0.4, -0.2) is 13.7 Å². The Kier molecular flexibility index (Phi) is 5.62. The van der Waals surface area contributed by atoms with Crippen LogP contribution in [0.15, 0.2) is 42.5 Å². The Morgan fingerprint density at radius 1 is 1.03 bits per heavy atom. The lowest BCUT2D eigenvalue weighted by atomic mass is 9.56. The molecule has 0 heterocycles. The lowest BCUT2D eigenvalue weighted by molar-refractivity contribution is 0.0597. The maximum atomic E-state index is 6.35. The normalized spacial score (nSPS) is 29.7. The smallest absolute Gasteiger partial charge is 0.123 e. The highest BCUT2D eigenvalue weighted by atomic mass is 16.5. The molecular weight excluding hydrogens is 368 g/mol. The number of methoxy groups -OCH3 is 1. The highest BCUT2D eigenvalue weighted by Crippen LogP contribution is 2.61. The minimum Gasteiger partial charge on any atom is -0.489 e. The molecule has 3 aliphatic rings. The van der Waals surface area contributed by atoms with Crippen molar-refractivity contribution in [3.63, 3.8) is 0 Å². The van der Waals surface area contributed by atoms with Crippen molar-refractivity contribution in [2.75, 3.05) is 13.7 Å². The van der Waals surface area contributed by atoms with Crippen LogP contribution < -0.4 is 4.74 Å². The van der Waals surface area contributed by atoms with E-state index in [4.69, 9.17) is 9.47 Å². The SMILES string of the molecule is COCCc1cc2c(cc1OCc1ccccc1)CC[C@@H]1[C@@H]2CC[C@]2(C)CCC[C@@H]12. The third-order valence-electron chi connectivity index (χ3n) is 8.50. The van der Waals surface area contributed by atoms with E-state index >= 15 is 0 Å². The second-order valence-corrected chi connectivity index (χ2v) is 10.2. The van der Waals surface area contributed by atoms with Crippen LogP contribution >= 0.6 is 0 Å². The fourth-order valence-corrected chi connectivity index (χ4v) is 6.92. The van der Waals surface area contributed by atoms with E-state index < -0.39 is 0 Å². The molecule has 2 heteroatoms. The summed E-state index contributed by atoms with van der Waals surface area (Å²) in [6.45, 7) is 3.96. The molecule has 2 aromatic rings. The summed E-state index contributed by atoms with van der Waals surface area (Å²) in [6.07, 6.45) is 10.7. The maximum absolute atomic E-state index is 6.35. The summed E-state index contributed by atoms with van der Waals surface area (Å²) in [7, 11) is 1.79. The molecule has 0 bridgehead atoms. The molecule has 0 aliphatic heterocycles. The molecule has 3 aliphatic carbocycles. The molecule has 0 spiro atoms. The Hall–Kier alpha value is -1.80. The first kappa shape index (κ1) is 20.1. The van der Waals surface area contributed by atoms with Crippen LogP contribution in [0.5, 0.6) is 5.75 Å². The zero-order valence-corrected chi connectivity index (χ0v) is 18.7. The van der Waals surface area contributed by atoms with Gasteiger partial charge in [-0.3, -0.25) is 0 Å². The zero-order chi connectivity index (χ0) is 20.6. The van der Waals surface area contributed by atoms with Crippen molar-refractivity contribution in [3.8, 4) is 5.75 Å². The van der Waals surface area contributed by atoms with Crippen molar-refractivity contribution in [1.29, 1.82) is 0 Å². The Morgan fingerprint density at radius 2 is 1.90 bits per heavy atom. The van der Waals surface area contributed by atoms with Crippen LogP contribution in [0.25, 0.3) is 0 Å². The molecule has 160 valence electrons. The summed E-state index contributed by atoms with van der Waals surface area (Å²) in [6, 6.07) is 15.4. The van der Waals surface area contributed by atoms with Gasteiger partial charge in [-0.1, -0.05) is 49.7 Å². The highest BCUT2D eigenvalue weighted by molar-refractivity contribution is 5.46. The molecule has 0 unspecified atom stereocenters. The molecule has 0 amide bonds. The second-order valence-electron chi connectivity index (χ2n) is 10.2. The van der Waals surface area contributed by atoms with Gasteiger partial charge >= 0.3 is 0 Å². The number of rotatable bonds is 6. The predicted octanol–water partition coefficient (Wildman–Crippen LogP) is 6.70. The largest absolute Gasteiger partial charge is 0.489 e. The Balaban J connectivity index is 1.43. The average Bonchev–Trinajstić information content (AvgIpc) is 3.18. The van der Waals surface area contributed by atoms with E-state index in [1.165, 1.54) is 56.1 Å². The van der Waals surface area contributed by atoms with E-state index in [2.05, 4.69) is 49.4 Å². The van der Waals surface area contributed by atoms with Gasteiger partial charge in [-0.15, -0.1) is 0 Å². The molecule has 2 aromatic carbocycles. The fourth-order valence-electron chi connectivity index (χ4n) is 6.92. The quantitative estimate of drug-likeness (QED) is 0.533. The van der Waals surface area contributed by atoms with Crippen LogP contribution in [-0.2, 0) is 24.2 Å². The van der Waals surface area contributed by atoms with Gasteiger partial charge in [0.05, 0.1) is 6.61 Å². The average molecular weight is 405 g/mol. The van der Waals surface area contributed by atoms with Gasteiger partial charge in [-0.05, 0) is 96.4 Å². The van der Waals surface area contributed by atoms with E-state index in [1.807, 2.05) is 0 Å². The minimum atomic E-state index is 0.621. The van der Waals surface area contributed by atoms with Crippen molar-refractivity contribution in [2.45, 2.75) is 70.8 Å². The van der Waals surface area contributed by atoms with Crippen molar-refractivity contribution < 1.29 is 9.47 Å². The summed E-state index contributed by atoms with van der Waals surface area (Å²) in [5, 5.41) is 0. The molecule has 0 N–H and O–H groups in total. The Labute approximate surface area is 182 Å². The van der Waals surface area contributed by atoms with Gasteiger partial charge in [-0.2, -0.15) is 0 Å². The first-order valence-electron chi connectivity index (χ1n) is 12.0. The molecule has 0 saturated heterocycles. The number of hydrogen-bond acceptors (Lipinski definition) is 2. The van der Waals surface area contributed by atoms with Gasteiger partial charge in [0.1, 0.15) is 12.4 Å².